The molecule has 0 spiro atoms. The van der Waals surface area contributed by atoms with Gasteiger partial charge in [0.05, 0.1) is 6.54 Å². The number of esters is 1. The highest BCUT2D eigenvalue weighted by atomic mass is 32.2. The van der Waals surface area contributed by atoms with Crippen molar-refractivity contribution >= 4 is 53.5 Å². The number of urea groups is 2. The molecule has 206 valence electrons. The maximum absolute atomic E-state index is 13.4. The number of carboxylic acids is 1. The molecule has 0 bridgehead atoms. The number of rotatable bonds is 7. The Hall–Kier alpha value is -4.40. The number of ether oxygens (including phenoxy) is 1. The van der Waals surface area contributed by atoms with Crippen LogP contribution in [0.15, 0.2) is 41.6 Å². The molecule has 14 nitrogen and oxygen atoms in total. The van der Waals surface area contributed by atoms with E-state index >= 15 is 0 Å². The molecule has 1 unspecified atom stereocenters. The normalized spacial score (nSPS) is 21.1. The van der Waals surface area contributed by atoms with E-state index in [1.807, 2.05) is 0 Å². The van der Waals surface area contributed by atoms with Crippen LogP contribution in [0.1, 0.15) is 25.5 Å². The summed E-state index contributed by atoms with van der Waals surface area (Å²) in [6, 6.07) is 4.04. The second kappa shape index (κ2) is 11.1. The minimum absolute atomic E-state index is 0.0218. The topological polar surface area (TPSA) is 183 Å². The Bertz CT molecular complexity index is 1280. The van der Waals surface area contributed by atoms with Crippen molar-refractivity contribution in [3.8, 4) is 0 Å². The van der Waals surface area contributed by atoms with Gasteiger partial charge in [-0.2, -0.15) is 0 Å². The Morgan fingerprint density at radius 1 is 1.08 bits per heavy atom. The summed E-state index contributed by atoms with van der Waals surface area (Å²) in [6.45, 7) is 2.07. The highest BCUT2D eigenvalue weighted by Gasteiger charge is 2.54. The molecule has 0 aromatic heterocycles. The van der Waals surface area contributed by atoms with E-state index in [2.05, 4.69) is 10.6 Å². The number of carbonyl (C=O) groups is 7. The average Bonchev–Trinajstić information content (AvgIpc) is 3.30. The fraction of sp³-hybridized carbons (Fsp3) is 0.375. The van der Waals surface area contributed by atoms with Crippen LogP contribution in [0.2, 0.25) is 0 Å². The van der Waals surface area contributed by atoms with Crippen molar-refractivity contribution in [2.24, 2.45) is 0 Å². The van der Waals surface area contributed by atoms with Crippen LogP contribution >= 0.6 is 11.8 Å². The molecule has 7 amide bonds. The Morgan fingerprint density at radius 3 is 2.33 bits per heavy atom. The van der Waals surface area contributed by atoms with Gasteiger partial charge in [0.1, 0.15) is 29.8 Å². The minimum atomic E-state index is -1.37. The van der Waals surface area contributed by atoms with Gasteiger partial charge < -0.3 is 20.5 Å². The number of fused-ring (bicyclic) bond motifs is 1. The van der Waals surface area contributed by atoms with Crippen LogP contribution in [0.4, 0.5) is 9.59 Å². The monoisotopic (exact) mass is 559 g/mol. The molecule has 15 heteroatoms. The van der Waals surface area contributed by atoms with Gasteiger partial charge in [-0.25, -0.2) is 19.3 Å². The van der Waals surface area contributed by atoms with Crippen molar-refractivity contribution < 1.29 is 43.4 Å². The molecule has 0 radical (unpaired) electrons. The van der Waals surface area contributed by atoms with Crippen LogP contribution in [0.3, 0.4) is 0 Å². The highest BCUT2D eigenvalue weighted by Crippen LogP contribution is 2.40. The molecule has 3 heterocycles. The summed E-state index contributed by atoms with van der Waals surface area (Å²) < 4.78 is 4.91. The molecule has 1 aromatic carbocycles. The zero-order valence-electron chi connectivity index (χ0n) is 20.9. The van der Waals surface area contributed by atoms with E-state index in [1.165, 1.54) is 25.6 Å². The van der Waals surface area contributed by atoms with Gasteiger partial charge in [0.25, 0.3) is 5.91 Å². The summed E-state index contributed by atoms with van der Waals surface area (Å²) in [6.07, 6.45) is 0. The van der Waals surface area contributed by atoms with Crippen molar-refractivity contribution in [2.75, 3.05) is 25.4 Å². The van der Waals surface area contributed by atoms with Crippen LogP contribution in [-0.2, 0) is 28.7 Å². The van der Waals surface area contributed by atoms with Gasteiger partial charge in [0.2, 0.25) is 11.8 Å². The van der Waals surface area contributed by atoms with Gasteiger partial charge in [-0.3, -0.25) is 29.0 Å². The second-order valence-corrected chi connectivity index (χ2v) is 9.94. The molecule has 3 N–H and O–H groups in total. The summed E-state index contributed by atoms with van der Waals surface area (Å²) in [5, 5.41) is 14.1. The van der Waals surface area contributed by atoms with Gasteiger partial charge in [0.15, 0.2) is 0 Å². The van der Waals surface area contributed by atoms with Gasteiger partial charge in [0, 0.05) is 31.7 Å². The minimum Gasteiger partial charge on any atom is -0.477 e. The summed E-state index contributed by atoms with van der Waals surface area (Å²) in [5.74, 6) is -3.77. The molecule has 2 saturated heterocycles. The second-order valence-electron chi connectivity index (χ2n) is 8.83. The summed E-state index contributed by atoms with van der Waals surface area (Å²) >= 11 is 1.19. The number of hydrogen-bond donors (Lipinski definition) is 3. The zero-order chi connectivity index (χ0) is 28.4. The average molecular weight is 560 g/mol. The van der Waals surface area contributed by atoms with E-state index in [0.29, 0.717) is 5.56 Å². The smallest absolute Gasteiger partial charge is 0.352 e. The van der Waals surface area contributed by atoms with Crippen LogP contribution < -0.4 is 10.6 Å². The molecule has 3 aliphatic heterocycles. The lowest BCUT2D eigenvalue weighted by Gasteiger charge is -2.49. The molecular formula is C24H25N5O9S. The third-order valence-corrected chi connectivity index (χ3v) is 7.63. The number of nitrogens with one attached hydrogen (secondary N) is 2. The van der Waals surface area contributed by atoms with Gasteiger partial charge in [-0.1, -0.05) is 30.3 Å². The molecule has 3 atom stereocenters. The third kappa shape index (κ3) is 5.43. The lowest BCUT2D eigenvalue weighted by molar-refractivity contribution is -0.151. The molecule has 2 fully saturated rings. The van der Waals surface area contributed by atoms with E-state index in [0.717, 1.165) is 14.7 Å². The quantitative estimate of drug-likeness (QED) is 0.304. The first-order chi connectivity index (χ1) is 18.5. The van der Waals surface area contributed by atoms with Gasteiger partial charge in [-0.05, 0) is 5.56 Å². The van der Waals surface area contributed by atoms with E-state index in [-0.39, 0.29) is 36.7 Å². The van der Waals surface area contributed by atoms with E-state index in [4.69, 9.17) is 4.74 Å². The Labute approximate surface area is 226 Å². The van der Waals surface area contributed by atoms with E-state index < -0.39 is 59.2 Å². The standard InChI is InChI=1S/C24H25N5O9S/c1-12(30)27-8-9-28(24(27)37)23(36)26-16(14-6-4-3-5-7-14)19(32)25-17-20(33)29-18(22(34)35)15(10-38-13(2)31)11-39-21(17)29/h3-7,16-17,21H,8-11H2,1-2H3,(H,25,32)(H,26,36)(H,34,35)/t16-,17?,21-/m1/s1. The maximum atomic E-state index is 13.4. The number of aliphatic carboxylic acids is 1. The largest absolute Gasteiger partial charge is 0.477 e. The Kier molecular flexibility index (Phi) is 7.90. The first kappa shape index (κ1) is 27.6. The Morgan fingerprint density at radius 2 is 1.74 bits per heavy atom. The fourth-order valence-corrected chi connectivity index (χ4v) is 5.71. The van der Waals surface area contributed by atoms with E-state index in [9.17, 15) is 38.7 Å². The van der Waals surface area contributed by atoms with Crippen molar-refractivity contribution in [1.29, 1.82) is 0 Å². The van der Waals surface area contributed by atoms with Gasteiger partial charge >= 0.3 is 24.0 Å². The lowest BCUT2D eigenvalue weighted by atomic mass is 10.0. The summed E-state index contributed by atoms with van der Waals surface area (Å²) in [7, 11) is 0. The number of β-lactam (4-membered cyclic amide) rings is 1. The van der Waals surface area contributed by atoms with Crippen molar-refractivity contribution in [3.05, 3.63) is 47.2 Å². The zero-order valence-corrected chi connectivity index (χ0v) is 21.7. The first-order valence-electron chi connectivity index (χ1n) is 11.8. The summed E-state index contributed by atoms with van der Waals surface area (Å²) in [4.78, 5) is 89.2. The van der Waals surface area contributed by atoms with Crippen molar-refractivity contribution in [2.45, 2.75) is 31.3 Å². The van der Waals surface area contributed by atoms with Crippen molar-refractivity contribution in [1.82, 2.24) is 25.3 Å². The number of amides is 7. The highest BCUT2D eigenvalue weighted by molar-refractivity contribution is 8.00. The molecule has 39 heavy (non-hydrogen) atoms. The number of thioether (sulfide) groups is 1. The number of benzene rings is 1. The van der Waals surface area contributed by atoms with Gasteiger partial charge in [-0.15, -0.1) is 11.8 Å². The number of nitrogens with zero attached hydrogens (tertiary/aromatic N) is 3. The number of hydrogen-bond acceptors (Lipinski definition) is 9. The Balaban J connectivity index is 1.50. The van der Waals surface area contributed by atoms with Crippen LogP contribution in [0.25, 0.3) is 0 Å². The lowest BCUT2D eigenvalue weighted by Crippen LogP contribution is -2.71. The third-order valence-electron chi connectivity index (χ3n) is 6.29. The van der Waals surface area contributed by atoms with Crippen molar-refractivity contribution in [3.63, 3.8) is 0 Å². The van der Waals surface area contributed by atoms with Crippen LogP contribution in [0.5, 0.6) is 0 Å². The van der Waals surface area contributed by atoms with Crippen LogP contribution in [-0.4, -0.2) is 98.4 Å². The summed E-state index contributed by atoms with van der Waals surface area (Å²) in [5.41, 5.74) is 0.320. The molecular weight excluding hydrogens is 534 g/mol. The predicted octanol–water partition coefficient (Wildman–Crippen LogP) is 0.0231. The predicted molar refractivity (Wildman–Crippen MR) is 134 cm³/mol. The molecule has 3 aliphatic rings. The first-order valence-corrected chi connectivity index (χ1v) is 12.8. The number of imide groups is 2. The molecule has 0 saturated carbocycles. The fourth-order valence-electron chi connectivity index (χ4n) is 4.38. The van der Waals surface area contributed by atoms with Crippen LogP contribution in [0, 0.1) is 0 Å². The maximum Gasteiger partial charge on any atom is 0.352 e. The molecule has 0 aliphatic carbocycles. The SMILES string of the molecule is CC(=O)OCC1=C(C(=O)O)N2C(=O)C(NC(=O)[C@H](NC(=O)N3CCN(C(C)=O)C3=O)c3ccccc3)[C@H]2SC1. The molecule has 4 rings (SSSR count). The van der Waals surface area contributed by atoms with E-state index in [1.54, 1.807) is 30.3 Å². The molecule has 1 aromatic rings. The number of carboxylic acid groups (broad SMARTS) is 1. The number of carbonyl (C=O) groups excluding carboxylic acids is 6.